The van der Waals surface area contributed by atoms with E-state index in [4.69, 9.17) is 15.5 Å². The fourth-order valence-electron chi connectivity index (χ4n) is 4.13. The van der Waals surface area contributed by atoms with Gasteiger partial charge >= 0.3 is 0 Å². The quantitative estimate of drug-likeness (QED) is 0.502. The molecule has 1 aliphatic rings. The zero-order valence-electron chi connectivity index (χ0n) is 19.1. The summed E-state index contributed by atoms with van der Waals surface area (Å²) in [6.07, 6.45) is 2.47. The normalized spacial score (nSPS) is 16.6. The summed E-state index contributed by atoms with van der Waals surface area (Å²) in [7, 11) is -3.25. The van der Waals surface area contributed by atoms with Gasteiger partial charge in [0, 0.05) is 25.2 Å². The monoisotopic (exact) mass is 489 g/mol. The van der Waals surface area contributed by atoms with Gasteiger partial charge in [0.2, 0.25) is 15.9 Å². The summed E-state index contributed by atoms with van der Waals surface area (Å²) in [6, 6.07) is 10.8. The number of imidazole rings is 1. The van der Waals surface area contributed by atoms with E-state index in [-0.39, 0.29) is 11.9 Å². The van der Waals surface area contributed by atoms with Crippen molar-refractivity contribution in [3.05, 3.63) is 54.1 Å². The van der Waals surface area contributed by atoms with Crippen molar-refractivity contribution in [3.8, 4) is 11.5 Å². The maximum absolute atomic E-state index is 13.2. The van der Waals surface area contributed by atoms with Crippen LogP contribution in [0.1, 0.15) is 31.6 Å². The first kappa shape index (κ1) is 24.1. The Morgan fingerprint density at radius 3 is 2.47 bits per heavy atom. The van der Waals surface area contributed by atoms with Gasteiger partial charge in [-0.3, -0.25) is 10.1 Å². The minimum atomic E-state index is -3.25. The third kappa shape index (κ3) is 5.37. The molecule has 3 aromatic rings. The molecule has 0 radical (unpaired) electrons. The molecule has 0 spiro atoms. The SMILES string of the molecule is C[C@H](NCc1nc2ccc(Oc3ccc(F)cc3)cc2n1C1CCN(S(C)(=O)=O)CC1)C(N)=O. The van der Waals surface area contributed by atoms with Gasteiger partial charge in [0.05, 0.1) is 29.9 Å². The van der Waals surface area contributed by atoms with Gasteiger partial charge in [0.15, 0.2) is 0 Å². The molecule has 0 bridgehead atoms. The second kappa shape index (κ2) is 9.69. The Hall–Kier alpha value is -3.02. The molecular weight excluding hydrogens is 461 g/mol. The zero-order chi connectivity index (χ0) is 24.5. The molecule has 1 fully saturated rings. The van der Waals surface area contributed by atoms with Gasteiger partial charge in [-0.05, 0) is 56.2 Å². The molecular formula is C23H28FN5O4S. The van der Waals surface area contributed by atoms with E-state index >= 15 is 0 Å². The Bertz CT molecular complexity index is 1280. The summed E-state index contributed by atoms with van der Waals surface area (Å²) in [5, 5.41) is 3.10. The van der Waals surface area contributed by atoms with Crippen LogP contribution in [0.5, 0.6) is 11.5 Å². The molecule has 182 valence electrons. The highest BCUT2D eigenvalue weighted by Gasteiger charge is 2.28. The minimum Gasteiger partial charge on any atom is -0.457 e. The second-order valence-corrected chi connectivity index (χ2v) is 10.5. The summed E-state index contributed by atoms with van der Waals surface area (Å²) < 4.78 is 46.6. The van der Waals surface area contributed by atoms with E-state index in [0.717, 1.165) is 16.9 Å². The van der Waals surface area contributed by atoms with E-state index in [1.54, 1.807) is 25.1 Å². The lowest BCUT2D eigenvalue weighted by Gasteiger charge is -2.32. The van der Waals surface area contributed by atoms with Crippen molar-refractivity contribution in [1.29, 1.82) is 0 Å². The number of primary amides is 1. The average Bonchev–Trinajstić information content (AvgIpc) is 3.16. The Morgan fingerprint density at radius 2 is 1.85 bits per heavy atom. The zero-order valence-corrected chi connectivity index (χ0v) is 19.9. The van der Waals surface area contributed by atoms with E-state index in [2.05, 4.69) is 9.88 Å². The number of nitrogens with two attached hydrogens (primary N) is 1. The summed E-state index contributed by atoms with van der Waals surface area (Å²) in [5.74, 6) is 0.992. The van der Waals surface area contributed by atoms with Gasteiger partial charge in [0.1, 0.15) is 23.1 Å². The van der Waals surface area contributed by atoms with Crippen LogP contribution >= 0.6 is 0 Å². The smallest absolute Gasteiger partial charge is 0.234 e. The molecule has 2 aromatic carbocycles. The molecule has 1 saturated heterocycles. The molecule has 2 heterocycles. The van der Waals surface area contributed by atoms with Crippen molar-refractivity contribution in [1.82, 2.24) is 19.2 Å². The number of hydrogen-bond donors (Lipinski definition) is 2. The summed E-state index contributed by atoms with van der Waals surface area (Å²) in [6.45, 7) is 2.84. The van der Waals surface area contributed by atoms with Gasteiger partial charge in [-0.1, -0.05) is 0 Å². The van der Waals surface area contributed by atoms with Crippen LogP contribution in [0.3, 0.4) is 0 Å². The highest BCUT2D eigenvalue weighted by atomic mass is 32.2. The van der Waals surface area contributed by atoms with E-state index < -0.39 is 22.0 Å². The lowest BCUT2D eigenvalue weighted by molar-refractivity contribution is -0.119. The third-order valence-electron chi connectivity index (χ3n) is 6.03. The number of carbonyl (C=O) groups is 1. The van der Waals surface area contributed by atoms with Crippen LogP contribution in [-0.2, 0) is 21.4 Å². The van der Waals surface area contributed by atoms with Crippen LogP contribution in [0.2, 0.25) is 0 Å². The molecule has 34 heavy (non-hydrogen) atoms. The number of hydrogen-bond acceptors (Lipinski definition) is 6. The molecule has 0 saturated carbocycles. The molecule has 9 nitrogen and oxygen atoms in total. The Labute approximate surface area is 197 Å². The Balaban J connectivity index is 1.67. The number of carbonyl (C=O) groups excluding carboxylic acids is 1. The molecule has 1 amide bonds. The molecule has 0 unspecified atom stereocenters. The van der Waals surface area contributed by atoms with Crippen LogP contribution in [0.4, 0.5) is 4.39 Å². The first-order valence-corrected chi connectivity index (χ1v) is 12.9. The maximum Gasteiger partial charge on any atom is 0.234 e. The number of amides is 1. The molecule has 1 atom stereocenters. The number of sulfonamides is 1. The number of halogens is 1. The van der Waals surface area contributed by atoms with Crippen LogP contribution in [0.25, 0.3) is 11.0 Å². The van der Waals surface area contributed by atoms with Gasteiger partial charge in [-0.15, -0.1) is 0 Å². The molecule has 11 heteroatoms. The number of fused-ring (bicyclic) bond motifs is 1. The van der Waals surface area contributed by atoms with Crippen molar-refractivity contribution in [2.75, 3.05) is 19.3 Å². The van der Waals surface area contributed by atoms with E-state index in [1.807, 2.05) is 12.1 Å². The molecule has 3 N–H and O–H groups in total. The minimum absolute atomic E-state index is 0.0183. The maximum atomic E-state index is 13.2. The number of rotatable bonds is 8. The van der Waals surface area contributed by atoms with Crippen LogP contribution < -0.4 is 15.8 Å². The fraction of sp³-hybridized carbons (Fsp3) is 0.391. The van der Waals surface area contributed by atoms with Crippen LogP contribution in [0.15, 0.2) is 42.5 Å². The van der Waals surface area contributed by atoms with Gasteiger partial charge in [-0.2, -0.15) is 0 Å². The molecule has 1 aliphatic heterocycles. The first-order chi connectivity index (χ1) is 16.1. The van der Waals surface area contributed by atoms with E-state index in [9.17, 15) is 17.6 Å². The number of piperidine rings is 1. The van der Waals surface area contributed by atoms with Gasteiger partial charge in [-0.25, -0.2) is 22.1 Å². The Kier molecular flexibility index (Phi) is 6.87. The topological polar surface area (TPSA) is 120 Å². The summed E-state index contributed by atoms with van der Waals surface area (Å²) >= 11 is 0. The number of ether oxygens (including phenoxy) is 1. The largest absolute Gasteiger partial charge is 0.457 e. The fourth-order valence-corrected chi connectivity index (χ4v) is 5.01. The molecule has 1 aromatic heterocycles. The van der Waals surface area contributed by atoms with Crippen molar-refractivity contribution in [2.45, 2.75) is 38.4 Å². The lowest BCUT2D eigenvalue weighted by Crippen LogP contribution is -2.40. The van der Waals surface area contributed by atoms with Crippen molar-refractivity contribution < 1.29 is 22.3 Å². The predicted molar refractivity (Wildman–Crippen MR) is 126 cm³/mol. The second-order valence-electron chi connectivity index (χ2n) is 8.50. The highest BCUT2D eigenvalue weighted by molar-refractivity contribution is 7.88. The highest BCUT2D eigenvalue weighted by Crippen LogP contribution is 2.32. The van der Waals surface area contributed by atoms with Crippen LogP contribution in [-0.4, -0.2) is 53.6 Å². The summed E-state index contributed by atoms with van der Waals surface area (Å²) in [4.78, 5) is 16.2. The Morgan fingerprint density at radius 1 is 1.21 bits per heavy atom. The predicted octanol–water partition coefficient (Wildman–Crippen LogP) is 2.53. The molecule has 0 aliphatic carbocycles. The van der Waals surface area contributed by atoms with Crippen molar-refractivity contribution >= 4 is 27.0 Å². The number of aromatic nitrogens is 2. The number of nitrogens with one attached hydrogen (secondary N) is 1. The average molecular weight is 490 g/mol. The lowest BCUT2D eigenvalue weighted by atomic mass is 10.1. The number of benzene rings is 2. The van der Waals surface area contributed by atoms with Gasteiger partial charge in [0.25, 0.3) is 0 Å². The van der Waals surface area contributed by atoms with E-state index in [0.29, 0.717) is 44.0 Å². The third-order valence-corrected chi connectivity index (χ3v) is 7.34. The van der Waals surface area contributed by atoms with E-state index in [1.165, 1.54) is 22.7 Å². The summed E-state index contributed by atoms with van der Waals surface area (Å²) in [5.41, 5.74) is 6.97. The van der Waals surface area contributed by atoms with Crippen molar-refractivity contribution in [3.63, 3.8) is 0 Å². The first-order valence-electron chi connectivity index (χ1n) is 11.0. The van der Waals surface area contributed by atoms with Crippen LogP contribution in [0, 0.1) is 5.82 Å². The number of nitrogens with zero attached hydrogens (tertiary/aromatic N) is 3. The van der Waals surface area contributed by atoms with Crippen molar-refractivity contribution in [2.24, 2.45) is 5.73 Å². The standard InChI is InChI=1S/C23H28FN5O4S/c1-15(23(25)30)26-14-22-27-20-8-7-19(33-18-5-3-16(24)4-6-18)13-21(20)29(22)17-9-11-28(12-10-17)34(2,31)32/h3-8,13,15,17,26H,9-12,14H2,1-2H3,(H2,25,30)/t15-/m0/s1. The van der Waals surface area contributed by atoms with Gasteiger partial charge < -0.3 is 15.0 Å². The molecule has 4 rings (SSSR count).